The summed E-state index contributed by atoms with van der Waals surface area (Å²) in [6, 6.07) is 13.6. The fourth-order valence-corrected chi connectivity index (χ4v) is 2.85. The number of para-hydroxylation sites is 2. The van der Waals surface area contributed by atoms with E-state index < -0.39 is 5.82 Å². The first-order chi connectivity index (χ1) is 13.1. The maximum Gasteiger partial charge on any atom is 0.220 e. The molecule has 0 radical (unpaired) electrons. The van der Waals surface area contributed by atoms with Crippen molar-refractivity contribution in [2.24, 2.45) is 10.2 Å². The maximum absolute atomic E-state index is 13.7. The van der Waals surface area contributed by atoms with Crippen molar-refractivity contribution in [1.29, 1.82) is 0 Å². The fourth-order valence-electron chi connectivity index (χ4n) is 2.69. The van der Waals surface area contributed by atoms with Crippen LogP contribution in [0.1, 0.15) is 6.92 Å². The molecule has 1 heterocycles. The van der Waals surface area contributed by atoms with Gasteiger partial charge in [-0.2, -0.15) is 0 Å². The number of halogens is 1. The highest BCUT2D eigenvalue weighted by Crippen LogP contribution is 2.38. The molecule has 140 valence electrons. The standard InChI is InChI=1S/C19H19FN4O2S/c1-2-26-12-11-24-16-10-6-3-7-13(16)17(18(24)25)22-23-19(27)21-15-9-5-4-8-14(15)20/h3-10,25H,2,11-12H2,1H3,(H,21,27). The van der Waals surface area contributed by atoms with Crippen LogP contribution in [0.15, 0.2) is 58.8 Å². The Morgan fingerprint density at radius 2 is 1.96 bits per heavy atom. The highest BCUT2D eigenvalue weighted by atomic mass is 32.1. The van der Waals surface area contributed by atoms with Gasteiger partial charge in [-0.15, -0.1) is 10.2 Å². The second kappa shape index (κ2) is 8.70. The van der Waals surface area contributed by atoms with Crippen LogP contribution in [0.3, 0.4) is 0 Å². The van der Waals surface area contributed by atoms with E-state index in [1.807, 2.05) is 31.2 Å². The normalized spacial score (nSPS) is 11.3. The monoisotopic (exact) mass is 386 g/mol. The molecule has 0 aliphatic rings. The molecule has 0 amide bonds. The van der Waals surface area contributed by atoms with Gasteiger partial charge in [0.25, 0.3) is 0 Å². The van der Waals surface area contributed by atoms with Crippen LogP contribution >= 0.6 is 12.2 Å². The summed E-state index contributed by atoms with van der Waals surface area (Å²) in [4.78, 5) is 0. The van der Waals surface area contributed by atoms with Crippen molar-refractivity contribution in [3.63, 3.8) is 0 Å². The Balaban J connectivity index is 1.85. The third-order valence-corrected chi connectivity index (χ3v) is 4.12. The van der Waals surface area contributed by atoms with Gasteiger partial charge in [-0.05, 0) is 37.3 Å². The number of benzene rings is 2. The van der Waals surface area contributed by atoms with Crippen LogP contribution in [0, 0.1) is 5.82 Å². The van der Waals surface area contributed by atoms with Gasteiger partial charge in [-0.1, -0.05) is 30.3 Å². The van der Waals surface area contributed by atoms with Gasteiger partial charge in [0.15, 0.2) is 5.69 Å². The number of aromatic hydroxyl groups is 1. The number of rotatable bonds is 6. The van der Waals surface area contributed by atoms with Gasteiger partial charge in [0.2, 0.25) is 11.0 Å². The molecule has 0 saturated heterocycles. The highest BCUT2D eigenvalue weighted by molar-refractivity contribution is 7.80. The molecule has 6 nitrogen and oxygen atoms in total. The Labute approximate surface area is 161 Å². The predicted octanol–water partition coefficient (Wildman–Crippen LogP) is 5.00. The number of thiocarbonyl (C=S) groups is 1. The Bertz CT molecular complexity index is 987. The maximum atomic E-state index is 13.7. The zero-order chi connectivity index (χ0) is 19.2. The Hall–Kier alpha value is -2.84. The first-order valence-corrected chi connectivity index (χ1v) is 8.87. The summed E-state index contributed by atoms with van der Waals surface area (Å²) < 4.78 is 20.8. The SMILES string of the molecule is CCOCCn1c(O)c(N=NC(=S)Nc2ccccc2F)c2ccccc21. The molecule has 0 aliphatic carbocycles. The smallest absolute Gasteiger partial charge is 0.220 e. The van der Waals surface area contributed by atoms with E-state index in [2.05, 4.69) is 15.5 Å². The van der Waals surface area contributed by atoms with Crippen LogP contribution in [-0.2, 0) is 11.3 Å². The van der Waals surface area contributed by atoms with Crippen LogP contribution < -0.4 is 5.32 Å². The lowest BCUT2D eigenvalue weighted by Gasteiger charge is -2.06. The van der Waals surface area contributed by atoms with E-state index in [-0.39, 0.29) is 16.7 Å². The lowest BCUT2D eigenvalue weighted by molar-refractivity contribution is 0.138. The number of ether oxygens (including phenoxy) is 1. The molecule has 0 bridgehead atoms. The van der Waals surface area contributed by atoms with Gasteiger partial charge >= 0.3 is 0 Å². The summed E-state index contributed by atoms with van der Waals surface area (Å²) in [5.74, 6) is -0.459. The van der Waals surface area contributed by atoms with Gasteiger partial charge in [0, 0.05) is 18.5 Å². The quantitative estimate of drug-likeness (QED) is 0.355. The summed E-state index contributed by atoms with van der Waals surface area (Å²) in [6.45, 7) is 3.46. The van der Waals surface area contributed by atoms with E-state index in [9.17, 15) is 9.50 Å². The van der Waals surface area contributed by atoms with Crippen LogP contribution in [-0.4, -0.2) is 28.0 Å². The molecule has 3 aromatic rings. The van der Waals surface area contributed by atoms with E-state index in [1.165, 1.54) is 6.07 Å². The average molecular weight is 386 g/mol. The van der Waals surface area contributed by atoms with Crippen molar-refractivity contribution in [1.82, 2.24) is 4.57 Å². The third-order valence-electron chi connectivity index (χ3n) is 3.94. The van der Waals surface area contributed by atoms with E-state index in [0.29, 0.717) is 25.4 Å². The summed E-state index contributed by atoms with van der Waals surface area (Å²) in [7, 11) is 0. The van der Waals surface area contributed by atoms with Crippen molar-refractivity contribution < 1.29 is 14.2 Å². The summed E-state index contributed by atoms with van der Waals surface area (Å²) in [6.07, 6.45) is 0. The third kappa shape index (κ3) is 4.29. The first-order valence-electron chi connectivity index (χ1n) is 8.47. The molecule has 2 aromatic carbocycles. The molecule has 2 N–H and O–H groups in total. The number of fused-ring (bicyclic) bond motifs is 1. The van der Waals surface area contributed by atoms with Crippen molar-refractivity contribution in [2.45, 2.75) is 13.5 Å². The van der Waals surface area contributed by atoms with Crippen molar-refractivity contribution in [2.75, 3.05) is 18.5 Å². The van der Waals surface area contributed by atoms with Gasteiger partial charge in [-0.3, -0.25) is 0 Å². The minimum absolute atomic E-state index is 0.00866. The molecule has 0 saturated carbocycles. The van der Waals surface area contributed by atoms with Gasteiger partial charge in [0.05, 0.1) is 17.8 Å². The Morgan fingerprint density at radius 3 is 2.74 bits per heavy atom. The zero-order valence-electron chi connectivity index (χ0n) is 14.7. The lowest BCUT2D eigenvalue weighted by atomic mass is 10.2. The molecule has 0 unspecified atom stereocenters. The van der Waals surface area contributed by atoms with Gasteiger partial charge in [-0.25, -0.2) is 4.39 Å². The molecule has 1 aromatic heterocycles. The van der Waals surface area contributed by atoms with Crippen LogP contribution in [0.4, 0.5) is 15.8 Å². The number of azo groups is 1. The zero-order valence-corrected chi connectivity index (χ0v) is 15.5. The summed E-state index contributed by atoms with van der Waals surface area (Å²) >= 11 is 5.11. The molecule has 0 aliphatic heterocycles. The van der Waals surface area contributed by atoms with Crippen molar-refractivity contribution in [3.05, 3.63) is 54.3 Å². The highest BCUT2D eigenvalue weighted by Gasteiger charge is 2.16. The Kier molecular flexibility index (Phi) is 6.10. The lowest BCUT2D eigenvalue weighted by Crippen LogP contribution is -2.06. The number of nitrogens with one attached hydrogen (secondary N) is 1. The van der Waals surface area contributed by atoms with Crippen LogP contribution in [0.25, 0.3) is 10.9 Å². The summed E-state index contributed by atoms with van der Waals surface area (Å²) in [5, 5.41) is 22.0. The second-order valence-electron chi connectivity index (χ2n) is 5.65. The molecule has 3 rings (SSSR count). The van der Waals surface area contributed by atoms with Gasteiger partial charge < -0.3 is 19.7 Å². The topological polar surface area (TPSA) is 71.1 Å². The van der Waals surface area contributed by atoms with E-state index in [0.717, 1.165) is 10.9 Å². The number of aromatic nitrogens is 1. The first kappa shape index (κ1) is 18.9. The summed E-state index contributed by atoms with van der Waals surface area (Å²) in [5.41, 5.74) is 1.33. The minimum atomic E-state index is -0.439. The molecule has 0 spiro atoms. The number of hydrogen-bond donors (Lipinski definition) is 2. The predicted molar refractivity (Wildman–Crippen MR) is 107 cm³/mol. The number of hydrogen-bond acceptors (Lipinski definition) is 4. The van der Waals surface area contributed by atoms with Crippen LogP contribution in [0.5, 0.6) is 5.88 Å². The van der Waals surface area contributed by atoms with Gasteiger partial charge in [0.1, 0.15) is 5.82 Å². The minimum Gasteiger partial charge on any atom is -0.493 e. The fraction of sp³-hybridized carbons (Fsp3) is 0.211. The largest absolute Gasteiger partial charge is 0.493 e. The molecule has 0 fully saturated rings. The molecular formula is C19H19FN4O2S. The molecular weight excluding hydrogens is 367 g/mol. The van der Waals surface area contributed by atoms with E-state index >= 15 is 0 Å². The number of anilines is 1. The van der Waals surface area contributed by atoms with Crippen molar-refractivity contribution >= 4 is 39.6 Å². The molecule has 8 heteroatoms. The molecule has 0 atom stereocenters. The molecule has 27 heavy (non-hydrogen) atoms. The van der Waals surface area contributed by atoms with E-state index in [1.54, 1.807) is 22.8 Å². The van der Waals surface area contributed by atoms with Crippen LogP contribution in [0.2, 0.25) is 0 Å². The number of nitrogens with zero attached hydrogens (tertiary/aromatic N) is 3. The van der Waals surface area contributed by atoms with E-state index in [4.69, 9.17) is 17.0 Å². The van der Waals surface area contributed by atoms with Crippen molar-refractivity contribution in [3.8, 4) is 5.88 Å². The second-order valence-corrected chi connectivity index (χ2v) is 6.03. The average Bonchev–Trinajstić information content (AvgIpc) is 2.94. The Morgan fingerprint density at radius 1 is 1.22 bits per heavy atom.